The van der Waals surface area contributed by atoms with Gasteiger partial charge in [-0.05, 0) is 24.1 Å². The Morgan fingerprint density at radius 2 is 1.85 bits per heavy atom. The Labute approximate surface area is 125 Å². The van der Waals surface area contributed by atoms with E-state index in [1.54, 1.807) is 26.2 Å². The number of amides is 1. The number of benzene rings is 1. The number of Topliss-reactive ketones (excluding diaryl/α,β-unsaturated/α-hetero) is 1. The molecular formula is C15H21ClN2O2. The van der Waals surface area contributed by atoms with Gasteiger partial charge in [-0.2, -0.15) is 0 Å². The number of hydrogen-bond acceptors (Lipinski definition) is 3. The van der Waals surface area contributed by atoms with Gasteiger partial charge in [0, 0.05) is 25.5 Å². The number of ketones is 1. The van der Waals surface area contributed by atoms with Crippen LogP contribution in [0, 0.1) is 0 Å². The van der Waals surface area contributed by atoms with Crippen LogP contribution in [-0.2, 0) is 16.0 Å². The van der Waals surface area contributed by atoms with E-state index in [1.165, 1.54) is 4.90 Å². The minimum atomic E-state index is -0.343. The molecule has 0 fully saturated rings. The molecule has 0 aliphatic heterocycles. The summed E-state index contributed by atoms with van der Waals surface area (Å²) in [5.41, 5.74) is 1.02. The van der Waals surface area contributed by atoms with Crippen LogP contribution in [0.4, 0.5) is 0 Å². The van der Waals surface area contributed by atoms with Gasteiger partial charge in [0.1, 0.15) is 5.78 Å². The van der Waals surface area contributed by atoms with Crippen molar-refractivity contribution in [1.29, 1.82) is 0 Å². The molecule has 1 amide bonds. The van der Waals surface area contributed by atoms with Crippen LogP contribution in [0.3, 0.4) is 0 Å². The Hall–Kier alpha value is -1.39. The zero-order chi connectivity index (χ0) is 15.1. The molecule has 110 valence electrons. The molecule has 1 aromatic carbocycles. The molecule has 0 aliphatic carbocycles. The van der Waals surface area contributed by atoms with E-state index in [2.05, 4.69) is 5.32 Å². The Bertz CT molecular complexity index is 457. The first-order chi connectivity index (χ1) is 9.43. The lowest BCUT2D eigenvalue weighted by Gasteiger charge is -2.18. The Morgan fingerprint density at radius 3 is 2.35 bits per heavy atom. The van der Waals surface area contributed by atoms with Crippen LogP contribution in [0.1, 0.15) is 18.9 Å². The van der Waals surface area contributed by atoms with Crippen molar-refractivity contribution >= 4 is 23.3 Å². The standard InChI is InChI=1S/C15H21ClN2O2/c1-4-14(19)13(17-10-15(20)18(2)3)9-11-5-7-12(16)8-6-11/h5-8,13,17H,4,9-10H2,1-3H3/t13-/m1/s1. The van der Waals surface area contributed by atoms with Gasteiger partial charge in [-0.25, -0.2) is 0 Å². The Kier molecular flexibility index (Phi) is 6.68. The molecule has 0 spiro atoms. The molecule has 0 heterocycles. The Morgan fingerprint density at radius 1 is 1.25 bits per heavy atom. The van der Waals surface area contributed by atoms with Gasteiger partial charge in [0.05, 0.1) is 12.6 Å². The molecule has 0 bridgehead atoms. The van der Waals surface area contributed by atoms with Gasteiger partial charge in [0.2, 0.25) is 5.91 Å². The largest absolute Gasteiger partial charge is 0.348 e. The van der Waals surface area contributed by atoms with Crippen LogP contribution in [0.25, 0.3) is 0 Å². The van der Waals surface area contributed by atoms with Gasteiger partial charge in [0.15, 0.2) is 0 Å². The molecule has 0 saturated heterocycles. The minimum Gasteiger partial charge on any atom is -0.348 e. The number of hydrogen-bond donors (Lipinski definition) is 1. The molecule has 1 aromatic rings. The summed E-state index contributed by atoms with van der Waals surface area (Å²) in [6.45, 7) is 1.99. The maximum absolute atomic E-state index is 12.0. The lowest BCUT2D eigenvalue weighted by molar-refractivity contribution is -0.128. The van der Waals surface area contributed by atoms with E-state index < -0.39 is 0 Å². The Balaban J connectivity index is 2.67. The van der Waals surface area contributed by atoms with E-state index in [1.807, 2.05) is 19.1 Å². The van der Waals surface area contributed by atoms with Crippen molar-refractivity contribution in [2.45, 2.75) is 25.8 Å². The monoisotopic (exact) mass is 296 g/mol. The van der Waals surface area contributed by atoms with Crippen molar-refractivity contribution in [2.24, 2.45) is 0 Å². The number of halogens is 1. The molecule has 1 atom stereocenters. The smallest absolute Gasteiger partial charge is 0.236 e. The normalized spacial score (nSPS) is 12.0. The van der Waals surface area contributed by atoms with Gasteiger partial charge >= 0.3 is 0 Å². The van der Waals surface area contributed by atoms with Crippen molar-refractivity contribution < 1.29 is 9.59 Å². The highest BCUT2D eigenvalue weighted by Crippen LogP contribution is 2.12. The van der Waals surface area contributed by atoms with Crippen LogP contribution in [0.2, 0.25) is 5.02 Å². The fourth-order valence-corrected chi connectivity index (χ4v) is 1.90. The summed E-state index contributed by atoms with van der Waals surface area (Å²) in [5.74, 6) is 0.0570. The molecule has 1 N–H and O–H groups in total. The number of likely N-dealkylation sites (N-methyl/N-ethyl adjacent to an activating group) is 1. The summed E-state index contributed by atoms with van der Waals surface area (Å²) >= 11 is 5.84. The predicted octanol–water partition coefficient (Wildman–Crippen LogP) is 1.91. The fourth-order valence-electron chi connectivity index (χ4n) is 1.77. The van der Waals surface area contributed by atoms with E-state index in [0.717, 1.165) is 5.56 Å². The van der Waals surface area contributed by atoms with Crippen molar-refractivity contribution in [3.8, 4) is 0 Å². The third kappa shape index (κ3) is 5.31. The lowest BCUT2D eigenvalue weighted by Crippen LogP contribution is -2.43. The van der Waals surface area contributed by atoms with Gasteiger partial charge in [-0.3, -0.25) is 14.9 Å². The fraction of sp³-hybridized carbons (Fsp3) is 0.467. The molecule has 0 saturated carbocycles. The van der Waals surface area contributed by atoms with Gasteiger partial charge in [-0.15, -0.1) is 0 Å². The first-order valence-electron chi connectivity index (χ1n) is 6.64. The van der Waals surface area contributed by atoms with Crippen molar-refractivity contribution in [3.05, 3.63) is 34.9 Å². The van der Waals surface area contributed by atoms with Crippen molar-refractivity contribution in [2.75, 3.05) is 20.6 Å². The average molecular weight is 297 g/mol. The molecule has 4 nitrogen and oxygen atoms in total. The third-order valence-corrected chi connectivity index (χ3v) is 3.34. The summed E-state index contributed by atoms with van der Waals surface area (Å²) in [4.78, 5) is 25.0. The third-order valence-electron chi connectivity index (χ3n) is 3.09. The second-order valence-corrected chi connectivity index (χ2v) is 5.31. The van der Waals surface area contributed by atoms with Crippen LogP contribution in [0.5, 0.6) is 0 Å². The van der Waals surface area contributed by atoms with Gasteiger partial charge in [0.25, 0.3) is 0 Å². The zero-order valence-corrected chi connectivity index (χ0v) is 12.9. The number of nitrogens with one attached hydrogen (secondary N) is 1. The summed E-state index contributed by atoms with van der Waals surface area (Å²) < 4.78 is 0. The first kappa shape index (κ1) is 16.7. The van der Waals surface area contributed by atoms with Gasteiger partial charge < -0.3 is 4.90 Å². The van der Waals surface area contributed by atoms with Crippen molar-refractivity contribution in [3.63, 3.8) is 0 Å². The molecule has 0 aliphatic rings. The highest BCUT2D eigenvalue weighted by Gasteiger charge is 2.18. The van der Waals surface area contributed by atoms with Gasteiger partial charge in [-0.1, -0.05) is 30.7 Å². The summed E-state index contributed by atoms with van der Waals surface area (Å²) in [6.07, 6.45) is 1.01. The van der Waals surface area contributed by atoms with E-state index in [0.29, 0.717) is 17.9 Å². The topological polar surface area (TPSA) is 49.4 Å². The maximum atomic E-state index is 12.0. The number of nitrogens with zero attached hydrogens (tertiary/aromatic N) is 1. The zero-order valence-electron chi connectivity index (χ0n) is 12.1. The molecule has 0 aromatic heterocycles. The molecule has 0 unspecified atom stereocenters. The molecule has 0 radical (unpaired) electrons. The maximum Gasteiger partial charge on any atom is 0.236 e. The number of carbonyl (C=O) groups is 2. The lowest BCUT2D eigenvalue weighted by atomic mass is 10.0. The second-order valence-electron chi connectivity index (χ2n) is 4.87. The van der Waals surface area contributed by atoms with Crippen LogP contribution < -0.4 is 5.32 Å². The average Bonchev–Trinajstić information content (AvgIpc) is 2.44. The second kappa shape index (κ2) is 8.02. The first-order valence-corrected chi connectivity index (χ1v) is 7.02. The van der Waals surface area contributed by atoms with Crippen LogP contribution in [-0.4, -0.2) is 43.3 Å². The SMILES string of the molecule is CCC(=O)[C@@H](Cc1ccc(Cl)cc1)NCC(=O)N(C)C. The van der Waals surface area contributed by atoms with Crippen molar-refractivity contribution in [1.82, 2.24) is 10.2 Å². The molecule has 5 heteroatoms. The highest BCUT2D eigenvalue weighted by molar-refractivity contribution is 6.30. The molecule has 1 rings (SSSR count). The van der Waals surface area contributed by atoms with E-state index in [-0.39, 0.29) is 24.3 Å². The van der Waals surface area contributed by atoms with E-state index in [4.69, 9.17) is 11.6 Å². The summed E-state index contributed by atoms with van der Waals surface area (Å²) in [6, 6.07) is 7.05. The number of rotatable bonds is 7. The van der Waals surface area contributed by atoms with Crippen LogP contribution >= 0.6 is 11.6 Å². The van der Waals surface area contributed by atoms with E-state index >= 15 is 0 Å². The predicted molar refractivity (Wildman–Crippen MR) is 80.9 cm³/mol. The minimum absolute atomic E-state index is 0.0463. The summed E-state index contributed by atoms with van der Waals surface area (Å²) in [5, 5.41) is 3.71. The number of carbonyl (C=O) groups excluding carboxylic acids is 2. The molecule has 20 heavy (non-hydrogen) atoms. The highest BCUT2D eigenvalue weighted by atomic mass is 35.5. The quantitative estimate of drug-likeness (QED) is 0.836. The summed E-state index contributed by atoms with van der Waals surface area (Å²) in [7, 11) is 3.39. The van der Waals surface area contributed by atoms with Crippen LogP contribution in [0.15, 0.2) is 24.3 Å². The van der Waals surface area contributed by atoms with E-state index in [9.17, 15) is 9.59 Å². The molecular weight excluding hydrogens is 276 g/mol.